The van der Waals surface area contributed by atoms with Gasteiger partial charge in [-0.1, -0.05) is 0 Å². The van der Waals surface area contributed by atoms with E-state index in [-0.39, 0.29) is 0 Å². The third kappa shape index (κ3) is 3.83. The summed E-state index contributed by atoms with van der Waals surface area (Å²) in [7, 11) is 4.38. The van der Waals surface area contributed by atoms with Crippen LogP contribution >= 0.6 is 0 Å². The van der Waals surface area contributed by atoms with E-state index >= 15 is 0 Å². The number of hydrogen-bond acceptors (Lipinski definition) is 4. The third-order valence-electron chi connectivity index (χ3n) is 3.71. The van der Waals surface area contributed by atoms with Crippen molar-refractivity contribution in [2.45, 2.75) is 25.9 Å². The summed E-state index contributed by atoms with van der Waals surface area (Å²) in [6.45, 7) is 7.39. The number of furan rings is 1. The molecular formula is C14H25N3O. The van der Waals surface area contributed by atoms with E-state index in [1.807, 2.05) is 13.0 Å². The van der Waals surface area contributed by atoms with E-state index in [1.165, 1.54) is 6.42 Å². The molecule has 0 aliphatic carbocycles. The van der Waals surface area contributed by atoms with Gasteiger partial charge in [0.15, 0.2) is 0 Å². The molecule has 0 aromatic carbocycles. The van der Waals surface area contributed by atoms with Gasteiger partial charge in [0, 0.05) is 25.7 Å². The number of aryl methyl sites for hydroxylation is 1. The van der Waals surface area contributed by atoms with Crippen LogP contribution in [0.2, 0.25) is 0 Å². The van der Waals surface area contributed by atoms with Crippen molar-refractivity contribution in [1.29, 1.82) is 0 Å². The van der Waals surface area contributed by atoms with Crippen molar-refractivity contribution in [2.75, 3.05) is 40.3 Å². The highest BCUT2D eigenvalue weighted by Gasteiger charge is 2.18. The van der Waals surface area contributed by atoms with Crippen LogP contribution in [0.25, 0.3) is 0 Å². The van der Waals surface area contributed by atoms with Gasteiger partial charge in [-0.3, -0.25) is 4.90 Å². The van der Waals surface area contributed by atoms with E-state index in [4.69, 9.17) is 4.42 Å². The summed E-state index contributed by atoms with van der Waals surface area (Å²) < 4.78 is 5.60. The van der Waals surface area contributed by atoms with Gasteiger partial charge in [-0.25, -0.2) is 0 Å². The van der Waals surface area contributed by atoms with E-state index < -0.39 is 0 Å². The molecule has 0 saturated carbocycles. The molecule has 2 heterocycles. The molecule has 18 heavy (non-hydrogen) atoms. The molecule has 1 fully saturated rings. The number of rotatable bonds is 5. The molecule has 0 radical (unpaired) electrons. The average molecular weight is 251 g/mol. The molecule has 1 aromatic rings. The predicted molar refractivity (Wildman–Crippen MR) is 73.7 cm³/mol. The fourth-order valence-corrected chi connectivity index (χ4v) is 2.47. The molecule has 1 aliphatic heterocycles. The lowest BCUT2D eigenvalue weighted by molar-refractivity contribution is 0.169. The number of likely N-dealkylation sites (N-methyl/N-ethyl adjacent to an activating group) is 1. The quantitative estimate of drug-likeness (QED) is 0.855. The molecule has 1 atom stereocenters. The van der Waals surface area contributed by atoms with Crippen LogP contribution in [0, 0.1) is 6.92 Å². The van der Waals surface area contributed by atoms with Crippen LogP contribution in [-0.2, 0) is 6.54 Å². The van der Waals surface area contributed by atoms with Gasteiger partial charge in [-0.15, -0.1) is 0 Å². The molecule has 1 aliphatic rings. The Bertz CT molecular complexity index is 364. The second-order valence-electron chi connectivity index (χ2n) is 5.38. The summed E-state index contributed by atoms with van der Waals surface area (Å²) in [5, 5.41) is 3.46. The maximum Gasteiger partial charge on any atom is 0.118 e. The second-order valence-corrected chi connectivity index (χ2v) is 5.38. The first kappa shape index (κ1) is 13.6. The Morgan fingerprint density at radius 2 is 2.33 bits per heavy atom. The molecule has 4 nitrogen and oxygen atoms in total. The van der Waals surface area contributed by atoms with Crippen molar-refractivity contribution >= 4 is 0 Å². The minimum atomic E-state index is 0.666. The highest BCUT2D eigenvalue weighted by molar-refractivity contribution is 5.05. The fourth-order valence-electron chi connectivity index (χ4n) is 2.47. The zero-order valence-corrected chi connectivity index (χ0v) is 11.8. The highest BCUT2D eigenvalue weighted by Crippen LogP contribution is 2.10. The van der Waals surface area contributed by atoms with Crippen LogP contribution < -0.4 is 5.32 Å². The summed E-state index contributed by atoms with van der Waals surface area (Å²) >= 11 is 0. The lowest BCUT2D eigenvalue weighted by atomic mass is 10.1. The van der Waals surface area contributed by atoms with Crippen LogP contribution in [0.5, 0.6) is 0 Å². The molecule has 0 spiro atoms. The minimum absolute atomic E-state index is 0.666. The standard InChI is InChI=1S/C14H25N3O/c1-12-4-5-14(18-12)11-16(2)8-6-13-10-15-7-9-17(13)3/h4-5,13,15H,6-11H2,1-3H3. The highest BCUT2D eigenvalue weighted by atomic mass is 16.3. The van der Waals surface area contributed by atoms with Gasteiger partial charge in [-0.2, -0.15) is 0 Å². The molecule has 1 unspecified atom stereocenters. The maximum atomic E-state index is 5.60. The number of hydrogen-bond donors (Lipinski definition) is 1. The number of nitrogens with zero attached hydrogens (tertiary/aromatic N) is 2. The SMILES string of the molecule is Cc1ccc(CN(C)CCC2CNCCN2C)o1. The van der Waals surface area contributed by atoms with Crippen LogP contribution in [0.15, 0.2) is 16.5 Å². The zero-order valence-electron chi connectivity index (χ0n) is 11.8. The first-order valence-corrected chi connectivity index (χ1v) is 6.80. The van der Waals surface area contributed by atoms with E-state index in [0.29, 0.717) is 6.04 Å². The Kier molecular flexibility index (Phi) is 4.80. The molecule has 1 aromatic heterocycles. The molecule has 1 saturated heterocycles. The van der Waals surface area contributed by atoms with Gasteiger partial charge in [0.25, 0.3) is 0 Å². The smallest absolute Gasteiger partial charge is 0.118 e. The lowest BCUT2D eigenvalue weighted by Gasteiger charge is -2.34. The third-order valence-corrected chi connectivity index (χ3v) is 3.71. The van der Waals surface area contributed by atoms with Gasteiger partial charge < -0.3 is 14.6 Å². The molecule has 102 valence electrons. The van der Waals surface area contributed by atoms with Gasteiger partial charge in [-0.05, 0) is 46.1 Å². The van der Waals surface area contributed by atoms with Gasteiger partial charge in [0.2, 0.25) is 0 Å². The Hall–Kier alpha value is -0.840. The zero-order chi connectivity index (χ0) is 13.0. The van der Waals surface area contributed by atoms with E-state index in [2.05, 4.69) is 35.3 Å². The molecule has 4 heteroatoms. The monoisotopic (exact) mass is 251 g/mol. The maximum absolute atomic E-state index is 5.60. The van der Waals surface area contributed by atoms with Crippen molar-refractivity contribution in [1.82, 2.24) is 15.1 Å². The normalized spacial score (nSPS) is 21.7. The van der Waals surface area contributed by atoms with Crippen LogP contribution in [0.4, 0.5) is 0 Å². The molecule has 0 amide bonds. The minimum Gasteiger partial charge on any atom is -0.465 e. The second kappa shape index (κ2) is 6.36. The van der Waals surface area contributed by atoms with Gasteiger partial charge in [0.1, 0.15) is 11.5 Å². The Morgan fingerprint density at radius 3 is 3.00 bits per heavy atom. The van der Waals surface area contributed by atoms with Crippen molar-refractivity contribution in [3.05, 3.63) is 23.7 Å². The van der Waals surface area contributed by atoms with Crippen LogP contribution in [-0.4, -0.2) is 56.1 Å². The number of nitrogens with one attached hydrogen (secondary N) is 1. The van der Waals surface area contributed by atoms with Crippen molar-refractivity contribution in [2.24, 2.45) is 0 Å². The summed E-state index contributed by atoms with van der Waals surface area (Å²) in [4.78, 5) is 4.79. The van der Waals surface area contributed by atoms with Crippen molar-refractivity contribution in [3.63, 3.8) is 0 Å². The predicted octanol–water partition coefficient (Wildman–Crippen LogP) is 1.31. The van der Waals surface area contributed by atoms with Crippen molar-refractivity contribution in [3.8, 4) is 0 Å². The van der Waals surface area contributed by atoms with E-state index in [9.17, 15) is 0 Å². The lowest BCUT2D eigenvalue weighted by Crippen LogP contribution is -2.50. The first-order chi connectivity index (χ1) is 8.65. The molecule has 2 rings (SSSR count). The number of piperazine rings is 1. The van der Waals surface area contributed by atoms with Crippen LogP contribution in [0.3, 0.4) is 0 Å². The van der Waals surface area contributed by atoms with Crippen LogP contribution in [0.1, 0.15) is 17.9 Å². The molecule has 1 N–H and O–H groups in total. The van der Waals surface area contributed by atoms with E-state index in [0.717, 1.165) is 44.2 Å². The Morgan fingerprint density at radius 1 is 1.50 bits per heavy atom. The summed E-state index contributed by atoms with van der Waals surface area (Å²) in [5.41, 5.74) is 0. The van der Waals surface area contributed by atoms with E-state index in [1.54, 1.807) is 0 Å². The van der Waals surface area contributed by atoms with Gasteiger partial charge in [0.05, 0.1) is 6.54 Å². The summed E-state index contributed by atoms with van der Waals surface area (Å²) in [5.74, 6) is 2.06. The van der Waals surface area contributed by atoms with Crippen molar-refractivity contribution < 1.29 is 4.42 Å². The largest absolute Gasteiger partial charge is 0.465 e. The molecular weight excluding hydrogens is 226 g/mol. The topological polar surface area (TPSA) is 31.6 Å². The first-order valence-electron chi connectivity index (χ1n) is 6.80. The average Bonchev–Trinajstić information content (AvgIpc) is 2.74. The Labute approximate surface area is 110 Å². The summed E-state index contributed by atoms with van der Waals surface area (Å²) in [6.07, 6.45) is 1.21. The fraction of sp³-hybridized carbons (Fsp3) is 0.714. The molecule has 0 bridgehead atoms. The summed E-state index contributed by atoms with van der Waals surface area (Å²) in [6, 6.07) is 4.77. The Balaban J connectivity index is 1.72. The van der Waals surface area contributed by atoms with Gasteiger partial charge >= 0.3 is 0 Å².